The number of hydrogen-bond acceptors (Lipinski definition) is 2. The van der Waals surface area contributed by atoms with Crippen molar-refractivity contribution in [2.24, 2.45) is 5.92 Å². The average Bonchev–Trinajstić information content (AvgIpc) is 2.30. The Balaban J connectivity index is 2.03. The van der Waals surface area contributed by atoms with Gasteiger partial charge in [0.15, 0.2) is 0 Å². The number of unbranched alkanes of at least 4 members (excludes halogenated alkanes) is 1. The Kier molecular flexibility index (Phi) is 6.46. The second-order valence-electron chi connectivity index (χ2n) is 4.97. The second kappa shape index (κ2) is 7.66. The molecule has 94 valence electrons. The van der Waals surface area contributed by atoms with Gasteiger partial charge in [0.1, 0.15) is 6.04 Å². The maximum atomic E-state index is 10.8. The molecule has 1 fully saturated rings. The van der Waals surface area contributed by atoms with E-state index in [0.29, 0.717) is 0 Å². The lowest BCUT2D eigenvalue weighted by atomic mass is 9.85. The van der Waals surface area contributed by atoms with Crippen LogP contribution >= 0.6 is 0 Å². The van der Waals surface area contributed by atoms with Crippen LogP contribution in [0, 0.1) is 5.92 Å². The molecular weight excluding hydrogens is 202 g/mol. The van der Waals surface area contributed by atoms with Gasteiger partial charge in [0.2, 0.25) is 0 Å². The minimum absolute atomic E-state index is 0.355. The van der Waals surface area contributed by atoms with E-state index in [0.717, 1.165) is 18.8 Å². The van der Waals surface area contributed by atoms with Crippen LogP contribution in [0.1, 0.15) is 57.8 Å². The molecule has 1 saturated carbocycles. The van der Waals surface area contributed by atoms with Crippen molar-refractivity contribution < 1.29 is 9.90 Å². The number of carbonyl (C=O) groups is 1. The van der Waals surface area contributed by atoms with Crippen LogP contribution in [0.15, 0.2) is 0 Å². The van der Waals surface area contributed by atoms with Crippen molar-refractivity contribution in [2.75, 3.05) is 7.05 Å². The Morgan fingerprint density at radius 3 is 2.56 bits per heavy atom. The van der Waals surface area contributed by atoms with Gasteiger partial charge >= 0.3 is 5.97 Å². The number of carboxylic acid groups (broad SMARTS) is 1. The van der Waals surface area contributed by atoms with Crippen LogP contribution in [-0.2, 0) is 4.79 Å². The maximum Gasteiger partial charge on any atom is 0.320 e. The van der Waals surface area contributed by atoms with Crippen LogP contribution in [0.25, 0.3) is 0 Å². The van der Waals surface area contributed by atoms with E-state index in [1.807, 2.05) is 0 Å². The number of rotatable bonds is 7. The van der Waals surface area contributed by atoms with Gasteiger partial charge in [-0.2, -0.15) is 0 Å². The molecule has 0 aromatic carbocycles. The summed E-state index contributed by atoms with van der Waals surface area (Å²) in [5.74, 6) is 0.201. The number of likely N-dealkylation sites (N-methyl/N-ethyl adjacent to an activating group) is 1. The van der Waals surface area contributed by atoms with Gasteiger partial charge in [0.25, 0.3) is 0 Å². The third-order valence-corrected chi connectivity index (χ3v) is 3.73. The van der Waals surface area contributed by atoms with Crippen molar-refractivity contribution in [3.8, 4) is 0 Å². The van der Waals surface area contributed by atoms with E-state index in [2.05, 4.69) is 5.32 Å². The van der Waals surface area contributed by atoms with Crippen LogP contribution < -0.4 is 5.32 Å². The fourth-order valence-electron chi connectivity index (χ4n) is 2.65. The van der Waals surface area contributed by atoms with E-state index < -0.39 is 5.97 Å². The van der Waals surface area contributed by atoms with Crippen LogP contribution in [0.3, 0.4) is 0 Å². The summed E-state index contributed by atoms with van der Waals surface area (Å²) in [6.07, 6.45) is 11.3. The van der Waals surface area contributed by atoms with E-state index in [-0.39, 0.29) is 6.04 Å². The molecule has 2 N–H and O–H groups in total. The minimum atomic E-state index is -0.722. The molecule has 1 atom stereocenters. The van der Waals surface area contributed by atoms with Crippen LogP contribution in [0.4, 0.5) is 0 Å². The lowest BCUT2D eigenvalue weighted by molar-refractivity contribution is -0.139. The van der Waals surface area contributed by atoms with Gasteiger partial charge < -0.3 is 10.4 Å². The molecule has 0 unspecified atom stereocenters. The lowest BCUT2D eigenvalue weighted by Crippen LogP contribution is -2.33. The molecule has 1 aliphatic carbocycles. The molecule has 0 amide bonds. The monoisotopic (exact) mass is 227 g/mol. The predicted octanol–water partition coefficient (Wildman–Crippen LogP) is 2.80. The first-order chi connectivity index (χ1) is 7.74. The van der Waals surface area contributed by atoms with E-state index in [4.69, 9.17) is 5.11 Å². The topological polar surface area (TPSA) is 49.3 Å². The molecule has 3 nitrogen and oxygen atoms in total. The molecule has 1 rings (SSSR count). The normalized spacial score (nSPS) is 19.6. The summed E-state index contributed by atoms with van der Waals surface area (Å²) in [4.78, 5) is 10.8. The summed E-state index contributed by atoms with van der Waals surface area (Å²) in [6, 6.07) is -0.355. The standard InChI is InChI=1S/C13H25NO2/c1-14-12(13(15)16)10-6-5-9-11-7-3-2-4-8-11/h11-12,14H,2-10H2,1H3,(H,15,16)/t12-/m1/s1. The van der Waals surface area contributed by atoms with Crippen molar-refractivity contribution in [1.29, 1.82) is 0 Å². The summed E-state index contributed by atoms with van der Waals surface area (Å²) in [7, 11) is 1.72. The molecule has 0 saturated heterocycles. The van der Waals surface area contributed by atoms with Crippen molar-refractivity contribution in [3.05, 3.63) is 0 Å². The molecule has 3 heteroatoms. The third kappa shape index (κ3) is 4.97. The Labute approximate surface area is 98.6 Å². The molecule has 0 radical (unpaired) electrons. The largest absolute Gasteiger partial charge is 0.480 e. The smallest absolute Gasteiger partial charge is 0.320 e. The quantitative estimate of drug-likeness (QED) is 0.657. The van der Waals surface area contributed by atoms with Crippen molar-refractivity contribution in [2.45, 2.75) is 63.8 Å². The SMILES string of the molecule is CN[C@H](CCCCC1CCCCC1)C(=O)O. The Hall–Kier alpha value is -0.570. The van der Waals surface area contributed by atoms with E-state index >= 15 is 0 Å². The zero-order valence-corrected chi connectivity index (χ0v) is 10.4. The molecule has 0 aliphatic heterocycles. The summed E-state index contributed by atoms with van der Waals surface area (Å²) in [5.41, 5.74) is 0. The summed E-state index contributed by atoms with van der Waals surface area (Å²) in [5, 5.41) is 11.7. The number of carboxylic acids is 1. The minimum Gasteiger partial charge on any atom is -0.480 e. The Bertz CT molecular complexity index is 200. The van der Waals surface area contributed by atoms with Gasteiger partial charge in [-0.15, -0.1) is 0 Å². The Morgan fingerprint density at radius 1 is 1.31 bits per heavy atom. The fraction of sp³-hybridized carbons (Fsp3) is 0.923. The molecule has 0 spiro atoms. The van der Waals surface area contributed by atoms with Crippen molar-refractivity contribution in [1.82, 2.24) is 5.32 Å². The molecular formula is C13H25NO2. The highest BCUT2D eigenvalue weighted by atomic mass is 16.4. The Morgan fingerprint density at radius 2 is 2.00 bits per heavy atom. The van der Waals surface area contributed by atoms with Crippen LogP contribution in [-0.4, -0.2) is 24.2 Å². The zero-order chi connectivity index (χ0) is 11.8. The number of aliphatic carboxylic acids is 1. The first-order valence-corrected chi connectivity index (χ1v) is 6.64. The molecule has 0 aromatic rings. The van der Waals surface area contributed by atoms with Crippen LogP contribution in [0.5, 0.6) is 0 Å². The molecule has 0 heterocycles. The van der Waals surface area contributed by atoms with Crippen molar-refractivity contribution >= 4 is 5.97 Å². The van der Waals surface area contributed by atoms with Gasteiger partial charge in [-0.1, -0.05) is 51.4 Å². The van der Waals surface area contributed by atoms with Crippen molar-refractivity contribution in [3.63, 3.8) is 0 Å². The zero-order valence-electron chi connectivity index (χ0n) is 10.4. The molecule has 0 bridgehead atoms. The van der Waals surface area contributed by atoms with E-state index in [1.54, 1.807) is 7.05 Å². The fourth-order valence-corrected chi connectivity index (χ4v) is 2.65. The first kappa shape index (κ1) is 13.5. The number of nitrogens with one attached hydrogen (secondary N) is 1. The second-order valence-corrected chi connectivity index (χ2v) is 4.97. The number of hydrogen-bond donors (Lipinski definition) is 2. The third-order valence-electron chi connectivity index (χ3n) is 3.73. The van der Waals surface area contributed by atoms with Gasteiger partial charge in [0, 0.05) is 0 Å². The molecule has 1 aliphatic rings. The van der Waals surface area contributed by atoms with Gasteiger partial charge in [-0.25, -0.2) is 0 Å². The highest BCUT2D eigenvalue weighted by Crippen LogP contribution is 2.27. The van der Waals surface area contributed by atoms with Gasteiger partial charge in [0.05, 0.1) is 0 Å². The van der Waals surface area contributed by atoms with Gasteiger partial charge in [-0.05, 0) is 19.4 Å². The summed E-state index contributed by atoms with van der Waals surface area (Å²) < 4.78 is 0. The van der Waals surface area contributed by atoms with E-state index in [9.17, 15) is 4.79 Å². The summed E-state index contributed by atoms with van der Waals surface area (Å²) >= 11 is 0. The maximum absolute atomic E-state index is 10.8. The molecule has 0 aromatic heterocycles. The highest BCUT2D eigenvalue weighted by Gasteiger charge is 2.15. The average molecular weight is 227 g/mol. The van der Waals surface area contributed by atoms with E-state index in [1.165, 1.54) is 44.9 Å². The highest BCUT2D eigenvalue weighted by molar-refractivity contribution is 5.73. The summed E-state index contributed by atoms with van der Waals surface area (Å²) in [6.45, 7) is 0. The van der Waals surface area contributed by atoms with Gasteiger partial charge in [-0.3, -0.25) is 4.79 Å². The predicted molar refractivity (Wildman–Crippen MR) is 65.5 cm³/mol. The van der Waals surface area contributed by atoms with Crippen LogP contribution in [0.2, 0.25) is 0 Å². The molecule has 16 heavy (non-hydrogen) atoms. The first-order valence-electron chi connectivity index (χ1n) is 6.64. The lowest BCUT2D eigenvalue weighted by Gasteiger charge is -2.21.